The second-order valence-electron chi connectivity index (χ2n) is 4.80. The number of benzene rings is 1. The van der Waals surface area contributed by atoms with Crippen LogP contribution in [0.5, 0.6) is 0 Å². The number of nitrogens with zero attached hydrogens (tertiary/aromatic N) is 1. The van der Waals surface area contributed by atoms with E-state index < -0.39 is 11.8 Å². The second-order valence-corrected chi connectivity index (χ2v) is 4.80. The Morgan fingerprint density at radius 1 is 1.35 bits per heavy atom. The molecule has 92 valence electrons. The van der Waals surface area contributed by atoms with Gasteiger partial charge in [0.25, 0.3) is 0 Å². The molecule has 0 aliphatic carbocycles. The third kappa shape index (κ3) is 2.12. The molecule has 0 bridgehead atoms. The molecule has 4 heteroatoms. The molecule has 0 radical (unpaired) electrons. The third-order valence-corrected chi connectivity index (χ3v) is 3.52. The number of carbonyl (C=O) groups is 1. The summed E-state index contributed by atoms with van der Waals surface area (Å²) in [7, 11) is 0. The van der Waals surface area contributed by atoms with Crippen molar-refractivity contribution in [2.45, 2.75) is 13.8 Å². The molecule has 1 aliphatic rings. The number of aromatic carboxylic acids is 1. The SMILES string of the molecule is CC1CN(c2c(F)cccc2C(=O)O)CC1C. The Labute approximate surface area is 99.9 Å². The lowest BCUT2D eigenvalue weighted by Gasteiger charge is -2.21. The van der Waals surface area contributed by atoms with Gasteiger partial charge < -0.3 is 10.0 Å². The van der Waals surface area contributed by atoms with Crippen molar-refractivity contribution in [1.82, 2.24) is 0 Å². The van der Waals surface area contributed by atoms with Crippen molar-refractivity contribution >= 4 is 11.7 Å². The van der Waals surface area contributed by atoms with Crippen LogP contribution in [-0.2, 0) is 0 Å². The fourth-order valence-corrected chi connectivity index (χ4v) is 2.32. The fourth-order valence-electron chi connectivity index (χ4n) is 2.32. The highest BCUT2D eigenvalue weighted by Gasteiger charge is 2.30. The molecule has 1 fully saturated rings. The summed E-state index contributed by atoms with van der Waals surface area (Å²) >= 11 is 0. The molecule has 2 unspecified atom stereocenters. The highest BCUT2D eigenvalue weighted by atomic mass is 19.1. The van der Waals surface area contributed by atoms with Gasteiger partial charge in [-0.2, -0.15) is 0 Å². The van der Waals surface area contributed by atoms with E-state index in [4.69, 9.17) is 5.11 Å². The van der Waals surface area contributed by atoms with Crippen LogP contribution in [0.4, 0.5) is 10.1 Å². The van der Waals surface area contributed by atoms with E-state index in [0.29, 0.717) is 24.9 Å². The minimum atomic E-state index is -1.08. The predicted molar refractivity (Wildman–Crippen MR) is 63.9 cm³/mol. The van der Waals surface area contributed by atoms with E-state index in [2.05, 4.69) is 13.8 Å². The van der Waals surface area contributed by atoms with Gasteiger partial charge in [0, 0.05) is 13.1 Å². The molecule has 3 nitrogen and oxygen atoms in total. The first kappa shape index (κ1) is 11.9. The monoisotopic (exact) mass is 237 g/mol. The number of para-hydroxylation sites is 1. The highest BCUT2D eigenvalue weighted by Crippen LogP contribution is 2.32. The minimum absolute atomic E-state index is 0.0475. The van der Waals surface area contributed by atoms with Crippen molar-refractivity contribution in [3.63, 3.8) is 0 Å². The normalized spacial score (nSPS) is 24.1. The largest absolute Gasteiger partial charge is 0.478 e. The number of halogens is 1. The zero-order valence-corrected chi connectivity index (χ0v) is 9.98. The molecule has 0 amide bonds. The maximum Gasteiger partial charge on any atom is 0.337 e. The van der Waals surface area contributed by atoms with E-state index in [-0.39, 0.29) is 11.3 Å². The first-order chi connectivity index (χ1) is 8.00. The summed E-state index contributed by atoms with van der Waals surface area (Å²) in [4.78, 5) is 12.9. The molecule has 2 rings (SSSR count). The molecule has 2 atom stereocenters. The van der Waals surface area contributed by atoms with Crippen molar-refractivity contribution < 1.29 is 14.3 Å². The van der Waals surface area contributed by atoms with Gasteiger partial charge in [0.15, 0.2) is 0 Å². The Morgan fingerprint density at radius 2 is 1.94 bits per heavy atom. The summed E-state index contributed by atoms with van der Waals surface area (Å²) < 4.78 is 13.8. The molecule has 0 saturated carbocycles. The standard InChI is InChI=1S/C13H16FNO2/c1-8-6-15(7-9(8)2)12-10(13(16)17)4-3-5-11(12)14/h3-5,8-9H,6-7H2,1-2H3,(H,16,17). The van der Waals surface area contributed by atoms with E-state index in [9.17, 15) is 9.18 Å². The maximum atomic E-state index is 13.8. The molecular weight excluding hydrogens is 221 g/mol. The van der Waals surface area contributed by atoms with Gasteiger partial charge in [0.05, 0.1) is 11.3 Å². The fraction of sp³-hybridized carbons (Fsp3) is 0.462. The van der Waals surface area contributed by atoms with Crippen LogP contribution in [-0.4, -0.2) is 24.2 Å². The quantitative estimate of drug-likeness (QED) is 0.859. The van der Waals surface area contributed by atoms with Crippen molar-refractivity contribution in [2.75, 3.05) is 18.0 Å². The average Bonchev–Trinajstić information content (AvgIpc) is 2.58. The van der Waals surface area contributed by atoms with Crippen molar-refractivity contribution in [1.29, 1.82) is 0 Å². The lowest BCUT2D eigenvalue weighted by molar-refractivity contribution is 0.0697. The number of carboxylic acid groups (broad SMARTS) is 1. The van der Waals surface area contributed by atoms with Crippen molar-refractivity contribution in [2.24, 2.45) is 11.8 Å². The van der Waals surface area contributed by atoms with Crippen LogP contribution in [0.2, 0.25) is 0 Å². The second kappa shape index (κ2) is 4.35. The number of hydrogen-bond donors (Lipinski definition) is 1. The summed E-state index contributed by atoms with van der Waals surface area (Å²) in [5.41, 5.74) is 0.280. The minimum Gasteiger partial charge on any atom is -0.478 e. The number of anilines is 1. The van der Waals surface area contributed by atoms with E-state index in [1.807, 2.05) is 4.90 Å². The van der Waals surface area contributed by atoms with Crippen LogP contribution < -0.4 is 4.90 Å². The van der Waals surface area contributed by atoms with Gasteiger partial charge in [-0.05, 0) is 24.0 Å². The lowest BCUT2D eigenvalue weighted by Crippen LogP contribution is -2.23. The molecule has 1 N–H and O–H groups in total. The number of rotatable bonds is 2. The van der Waals surface area contributed by atoms with E-state index >= 15 is 0 Å². The first-order valence-corrected chi connectivity index (χ1v) is 5.77. The molecule has 17 heavy (non-hydrogen) atoms. The summed E-state index contributed by atoms with van der Waals surface area (Å²) in [6.45, 7) is 5.63. The zero-order valence-electron chi connectivity index (χ0n) is 9.98. The molecule has 0 spiro atoms. The van der Waals surface area contributed by atoms with E-state index in [0.717, 1.165) is 0 Å². The third-order valence-electron chi connectivity index (χ3n) is 3.52. The molecule has 1 heterocycles. The Hall–Kier alpha value is -1.58. The van der Waals surface area contributed by atoms with Crippen LogP contribution in [0.1, 0.15) is 24.2 Å². The Bertz CT molecular complexity index is 437. The molecule has 1 aliphatic heterocycles. The van der Waals surface area contributed by atoms with E-state index in [1.54, 1.807) is 0 Å². The van der Waals surface area contributed by atoms with Gasteiger partial charge in [-0.25, -0.2) is 9.18 Å². The van der Waals surface area contributed by atoms with Gasteiger partial charge in [0.2, 0.25) is 0 Å². The molecular formula is C13H16FNO2. The zero-order chi connectivity index (χ0) is 12.6. The first-order valence-electron chi connectivity index (χ1n) is 5.77. The molecule has 1 aromatic rings. The van der Waals surface area contributed by atoms with Crippen LogP contribution in [0.25, 0.3) is 0 Å². The Balaban J connectivity index is 2.41. The summed E-state index contributed by atoms with van der Waals surface area (Å²) in [6.07, 6.45) is 0. The van der Waals surface area contributed by atoms with Crippen molar-refractivity contribution in [3.8, 4) is 0 Å². The number of hydrogen-bond acceptors (Lipinski definition) is 2. The summed E-state index contributed by atoms with van der Waals surface area (Å²) in [5, 5.41) is 9.09. The Morgan fingerprint density at radius 3 is 2.47 bits per heavy atom. The summed E-state index contributed by atoms with van der Waals surface area (Å²) in [5.74, 6) is -0.620. The molecule has 1 saturated heterocycles. The topological polar surface area (TPSA) is 40.5 Å². The maximum absolute atomic E-state index is 13.8. The van der Waals surface area contributed by atoms with E-state index in [1.165, 1.54) is 18.2 Å². The van der Waals surface area contributed by atoms with Crippen molar-refractivity contribution in [3.05, 3.63) is 29.6 Å². The number of carboxylic acids is 1. The van der Waals surface area contributed by atoms with Crippen LogP contribution in [0.15, 0.2) is 18.2 Å². The van der Waals surface area contributed by atoms with Crippen LogP contribution in [0, 0.1) is 17.7 Å². The van der Waals surface area contributed by atoms with Gasteiger partial charge in [-0.15, -0.1) is 0 Å². The Kier molecular flexibility index (Phi) is 3.05. The smallest absolute Gasteiger partial charge is 0.337 e. The highest BCUT2D eigenvalue weighted by molar-refractivity contribution is 5.94. The van der Waals surface area contributed by atoms with Gasteiger partial charge in [-0.3, -0.25) is 0 Å². The van der Waals surface area contributed by atoms with Crippen LogP contribution in [0.3, 0.4) is 0 Å². The average molecular weight is 237 g/mol. The predicted octanol–water partition coefficient (Wildman–Crippen LogP) is 2.62. The van der Waals surface area contributed by atoms with Gasteiger partial charge in [-0.1, -0.05) is 19.9 Å². The van der Waals surface area contributed by atoms with Crippen LogP contribution >= 0.6 is 0 Å². The molecule has 1 aromatic carbocycles. The molecule has 0 aromatic heterocycles. The lowest BCUT2D eigenvalue weighted by atomic mass is 10.0. The van der Waals surface area contributed by atoms with Gasteiger partial charge >= 0.3 is 5.97 Å². The summed E-state index contributed by atoms with van der Waals surface area (Å²) in [6, 6.07) is 4.20. The van der Waals surface area contributed by atoms with Gasteiger partial charge in [0.1, 0.15) is 5.82 Å².